The summed E-state index contributed by atoms with van der Waals surface area (Å²) in [6, 6.07) is 0. The number of ether oxygens (including phenoxy) is 2. The number of rotatable bonds is 0. The van der Waals surface area contributed by atoms with Crippen LogP contribution in [-0.2, 0) is 19.1 Å². The second kappa shape index (κ2) is 2.12. The zero-order valence-electron chi connectivity index (χ0n) is 7.12. The van der Waals surface area contributed by atoms with Gasteiger partial charge >= 0.3 is 5.97 Å². The van der Waals surface area contributed by atoms with Crippen LogP contribution in [-0.4, -0.2) is 30.6 Å². The molecule has 13 heavy (non-hydrogen) atoms. The van der Waals surface area contributed by atoms with E-state index >= 15 is 0 Å². The lowest BCUT2D eigenvalue weighted by Crippen LogP contribution is -2.42. The minimum atomic E-state index is -0.900. The van der Waals surface area contributed by atoms with Crippen molar-refractivity contribution in [1.29, 1.82) is 0 Å². The van der Waals surface area contributed by atoms with Gasteiger partial charge in [-0.25, -0.2) is 0 Å². The van der Waals surface area contributed by atoms with Crippen molar-refractivity contribution in [3.8, 4) is 0 Å². The summed E-state index contributed by atoms with van der Waals surface area (Å²) in [5.74, 6) is -0.436. The number of hydrogen-bond donors (Lipinski definition) is 0. The molecule has 0 aliphatic carbocycles. The van der Waals surface area contributed by atoms with E-state index in [9.17, 15) is 9.59 Å². The molecule has 0 saturated carbocycles. The van der Waals surface area contributed by atoms with Gasteiger partial charge in [-0.05, 0) is 19.3 Å². The van der Waals surface area contributed by atoms with Gasteiger partial charge in [0.2, 0.25) is 0 Å². The Kier molecular flexibility index (Phi) is 1.22. The van der Waals surface area contributed by atoms with Crippen LogP contribution in [0.4, 0.5) is 0 Å². The van der Waals surface area contributed by atoms with E-state index < -0.39 is 5.41 Å². The molecule has 0 radical (unpaired) electrons. The van der Waals surface area contributed by atoms with Crippen molar-refractivity contribution in [3.63, 3.8) is 0 Å². The third-order valence-electron chi connectivity index (χ3n) is 3.40. The number of Topliss-reactive ketones (excluding diaryl/α,β-unsaturated/α-hetero) is 1. The maximum atomic E-state index is 11.6. The molecule has 3 rings (SSSR count). The second-order valence-electron chi connectivity index (χ2n) is 4.00. The van der Waals surface area contributed by atoms with Crippen molar-refractivity contribution in [3.05, 3.63) is 0 Å². The SMILES string of the molecule is O=C1COC(=O)C12CC1CCC2O1. The van der Waals surface area contributed by atoms with Crippen molar-refractivity contribution < 1.29 is 19.1 Å². The van der Waals surface area contributed by atoms with E-state index in [1.165, 1.54) is 0 Å². The molecule has 2 bridgehead atoms. The molecule has 3 aliphatic heterocycles. The molecule has 0 aromatic carbocycles. The predicted octanol–water partition coefficient (Wildman–Crippen LogP) is 0.0500. The van der Waals surface area contributed by atoms with Gasteiger partial charge in [-0.2, -0.15) is 0 Å². The summed E-state index contributed by atoms with van der Waals surface area (Å²) in [6.45, 7) is -0.0502. The first-order valence-corrected chi connectivity index (χ1v) is 4.59. The third kappa shape index (κ3) is 0.705. The molecule has 0 N–H and O–H groups in total. The second-order valence-corrected chi connectivity index (χ2v) is 4.00. The Labute approximate surface area is 75.2 Å². The van der Waals surface area contributed by atoms with E-state index in [1.54, 1.807) is 0 Å². The van der Waals surface area contributed by atoms with Gasteiger partial charge in [0, 0.05) is 0 Å². The fourth-order valence-corrected chi connectivity index (χ4v) is 2.72. The molecule has 3 saturated heterocycles. The first-order chi connectivity index (χ1) is 6.23. The smallest absolute Gasteiger partial charge is 0.323 e. The van der Waals surface area contributed by atoms with Crippen LogP contribution in [0.15, 0.2) is 0 Å². The Hall–Kier alpha value is -0.900. The van der Waals surface area contributed by atoms with Crippen molar-refractivity contribution in [1.82, 2.24) is 0 Å². The zero-order chi connectivity index (χ0) is 9.05. The van der Waals surface area contributed by atoms with Crippen LogP contribution in [0.2, 0.25) is 0 Å². The topological polar surface area (TPSA) is 52.6 Å². The summed E-state index contributed by atoms with van der Waals surface area (Å²) in [5.41, 5.74) is -0.900. The fraction of sp³-hybridized carbons (Fsp3) is 0.778. The van der Waals surface area contributed by atoms with Gasteiger partial charge in [0.05, 0.1) is 12.2 Å². The number of ketones is 1. The van der Waals surface area contributed by atoms with E-state index in [2.05, 4.69) is 0 Å². The van der Waals surface area contributed by atoms with Crippen LogP contribution in [0.1, 0.15) is 19.3 Å². The minimum Gasteiger partial charge on any atom is -0.457 e. The quantitative estimate of drug-likeness (QED) is 0.392. The van der Waals surface area contributed by atoms with Crippen LogP contribution < -0.4 is 0 Å². The average molecular weight is 182 g/mol. The van der Waals surface area contributed by atoms with Crippen LogP contribution >= 0.6 is 0 Å². The number of esters is 1. The van der Waals surface area contributed by atoms with Gasteiger partial charge in [-0.15, -0.1) is 0 Å². The van der Waals surface area contributed by atoms with Crippen molar-refractivity contribution in [2.75, 3.05) is 6.61 Å². The third-order valence-corrected chi connectivity index (χ3v) is 3.40. The van der Waals surface area contributed by atoms with E-state index in [0.29, 0.717) is 6.42 Å². The van der Waals surface area contributed by atoms with Gasteiger partial charge in [0.1, 0.15) is 0 Å². The summed E-state index contributed by atoms with van der Waals surface area (Å²) in [7, 11) is 0. The van der Waals surface area contributed by atoms with Crippen molar-refractivity contribution in [2.24, 2.45) is 5.41 Å². The summed E-state index contributed by atoms with van der Waals surface area (Å²) < 4.78 is 10.3. The highest BCUT2D eigenvalue weighted by Gasteiger charge is 2.65. The lowest BCUT2D eigenvalue weighted by molar-refractivity contribution is -0.149. The monoisotopic (exact) mass is 182 g/mol. The van der Waals surface area contributed by atoms with Gasteiger partial charge in [-0.3, -0.25) is 9.59 Å². The predicted molar refractivity (Wildman–Crippen MR) is 40.9 cm³/mol. The van der Waals surface area contributed by atoms with E-state index in [-0.39, 0.29) is 30.6 Å². The molecule has 3 fully saturated rings. The molecule has 3 unspecified atom stereocenters. The fourth-order valence-electron chi connectivity index (χ4n) is 2.72. The molecule has 0 amide bonds. The molecule has 3 atom stereocenters. The van der Waals surface area contributed by atoms with Gasteiger partial charge < -0.3 is 9.47 Å². The lowest BCUT2D eigenvalue weighted by Gasteiger charge is -2.23. The maximum Gasteiger partial charge on any atom is 0.323 e. The molecular formula is C9H10O4. The Morgan fingerprint density at radius 2 is 2.15 bits per heavy atom. The van der Waals surface area contributed by atoms with E-state index in [1.807, 2.05) is 0 Å². The van der Waals surface area contributed by atoms with Crippen LogP contribution in [0.25, 0.3) is 0 Å². The number of fused-ring (bicyclic) bond motifs is 3. The highest BCUT2D eigenvalue weighted by atomic mass is 16.6. The van der Waals surface area contributed by atoms with Crippen molar-refractivity contribution >= 4 is 11.8 Å². The summed E-state index contributed by atoms with van der Waals surface area (Å²) in [4.78, 5) is 23.0. The molecular weight excluding hydrogens is 172 g/mol. The molecule has 0 aromatic heterocycles. The Balaban J connectivity index is 2.04. The summed E-state index contributed by atoms with van der Waals surface area (Å²) in [5, 5.41) is 0. The maximum absolute atomic E-state index is 11.6. The average Bonchev–Trinajstić information content (AvgIpc) is 2.77. The van der Waals surface area contributed by atoms with Gasteiger partial charge in [0.15, 0.2) is 17.8 Å². The number of carbonyl (C=O) groups excluding carboxylic acids is 2. The molecule has 3 heterocycles. The normalized spacial score (nSPS) is 47.7. The molecule has 70 valence electrons. The molecule has 0 aromatic rings. The molecule has 3 aliphatic rings. The lowest BCUT2D eigenvalue weighted by atomic mass is 9.72. The van der Waals surface area contributed by atoms with Crippen LogP contribution in [0.5, 0.6) is 0 Å². The molecule has 1 spiro atoms. The number of carbonyl (C=O) groups is 2. The summed E-state index contributed by atoms with van der Waals surface area (Å²) in [6.07, 6.45) is 2.27. The first-order valence-electron chi connectivity index (χ1n) is 4.59. The van der Waals surface area contributed by atoms with Crippen LogP contribution in [0.3, 0.4) is 0 Å². The molecule has 4 heteroatoms. The van der Waals surface area contributed by atoms with Crippen LogP contribution in [0, 0.1) is 5.41 Å². The first kappa shape index (κ1) is 7.50. The van der Waals surface area contributed by atoms with Gasteiger partial charge in [-0.1, -0.05) is 0 Å². The highest BCUT2D eigenvalue weighted by Crippen LogP contribution is 2.50. The minimum absolute atomic E-state index is 0.0502. The standard InChI is InChI=1S/C9H10O4/c10-6-4-12-8(11)9(6)3-5-1-2-7(9)13-5/h5,7H,1-4H2. The van der Waals surface area contributed by atoms with Gasteiger partial charge in [0.25, 0.3) is 0 Å². The van der Waals surface area contributed by atoms with E-state index in [0.717, 1.165) is 12.8 Å². The number of cyclic esters (lactones) is 1. The number of hydrogen-bond acceptors (Lipinski definition) is 4. The highest BCUT2D eigenvalue weighted by molar-refractivity contribution is 6.10. The zero-order valence-corrected chi connectivity index (χ0v) is 7.12. The van der Waals surface area contributed by atoms with E-state index in [4.69, 9.17) is 9.47 Å². The van der Waals surface area contributed by atoms with Crippen molar-refractivity contribution in [2.45, 2.75) is 31.5 Å². The Morgan fingerprint density at radius 3 is 2.62 bits per heavy atom. The summed E-state index contributed by atoms with van der Waals surface area (Å²) >= 11 is 0. The Morgan fingerprint density at radius 1 is 1.31 bits per heavy atom. The Bertz CT molecular complexity index is 280. The molecule has 4 nitrogen and oxygen atoms in total. The largest absolute Gasteiger partial charge is 0.457 e.